The number of rotatable bonds is 7. The number of ether oxygens (including phenoxy) is 1. The third-order valence-corrected chi connectivity index (χ3v) is 4.73. The van der Waals surface area contributed by atoms with Gasteiger partial charge in [0.2, 0.25) is 11.8 Å². The van der Waals surface area contributed by atoms with E-state index in [1.807, 2.05) is 30.3 Å². The number of imide groups is 1. The molecular formula is C25H22FN3O4. The van der Waals surface area contributed by atoms with Gasteiger partial charge in [0.25, 0.3) is 5.91 Å². The molecule has 0 bridgehead atoms. The van der Waals surface area contributed by atoms with Gasteiger partial charge >= 0.3 is 0 Å². The van der Waals surface area contributed by atoms with Crippen molar-refractivity contribution in [3.05, 3.63) is 95.8 Å². The van der Waals surface area contributed by atoms with Crippen LogP contribution in [0.2, 0.25) is 0 Å². The van der Waals surface area contributed by atoms with E-state index in [0.29, 0.717) is 11.5 Å². The first-order valence-electron chi connectivity index (χ1n) is 10.0. The lowest BCUT2D eigenvalue weighted by Gasteiger charge is -2.21. The second-order valence-electron chi connectivity index (χ2n) is 7.01. The molecule has 0 unspecified atom stereocenters. The number of nitrogens with zero attached hydrogens (tertiary/aromatic N) is 2. The van der Waals surface area contributed by atoms with Crippen LogP contribution in [0.4, 0.5) is 10.1 Å². The summed E-state index contributed by atoms with van der Waals surface area (Å²) in [6, 6.07) is 20.2. The second kappa shape index (κ2) is 10.8. The molecule has 3 rings (SSSR count). The van der Waals surface area contributed by atoms with Crippen molar-refractivity contribution in [2.75, 3.05) is 12.0 Å². The summed E-state index contributed by atoms with van der Waals surface area (Å²) < 4.78 is 18.4. The van der Waals surface area contributed by atoms with Crippen LogP contribution in [-0.4, -0.2) is 30.5 Å². The Labute approximate surface area is 190 Å². The highest BCUT2D eigenvalue weighted by Gasteiger charge is 2.26. The van der Waals surface area contributed by atoms with E-state index >= 15 is 0 Å². The van der Waals surface area contributed by atoms with Gasteiger partial charge in [0.05, 0.1) is 18.5 Å². The number of benzene rings is 3. The minimum atomic E-state index is -0.764. The smallest absolute Gasteiger partial charge is 0.265 e. The molecule has 0 aliphatic carbocycles. The van der Waals surface area contributed by atoms with Crippen molar-refractivity contribution >= 4 is 29.1 Å². The number of amides is 3. The van der Waals surface area contributed by atoms with Crippen molar-refractivity contribution in [2.45, 2.75) is 13.3 Å². The van der Waals surface area contributed by atoms with Gasteiger partial charge < -0.3 is 4.74 Å². The lowest BCUT2D eigenvalue weighted by Crippen LogP contribution is -2.39. The highest BCUT2D eigenvalue weighted by Crippen LogP contribution is 2.22. The minimum Gasteiger partial charge on any atom is -0.497 e. The van der Waals surface area contributed by atoms with Gasteiger partial charge in [-0.2, -0.15) is 5.10 Å². The Balaban J connectivity index is 1.80. The van der Waals surface area contributed by atoms with E-state index in [0.717, 1.165) is 22.6 Å². The molecule has 168 valence electrons. The van der Waals surface area contributed by atoms with Crippen molar-refractivity contribution in [3.8, 4) is 5.75 Å². The van der Waals surface area contributed by atoms with Crippen LogP contribution in [0.15, 0.2) is 84.0 Å². The van der Waals surface area contributed by atoms with Crippen LogP contribution in [0.1, 0.15) is 29.3 Å². The Morgan fingerprint density at radius 2 is 1.55 bits per heavy atom. The summed E-state index contributed by atoms with van der Waals surface area (Å²) in [6.07, 6.45) is -0.621. The number of hydrogen-bond donors (Lipinski definition) is 1. The fourth-order valence-corrected chi connectivity index (χ4v) is 2.97. The van der Waals surface area contributed by atoms with Crippen molar-refractivity contribution < 1.29 is 23.5 Å². The Kier molecular flexibility index (Phi) is 7.64. The molecule has 0 heterocycles. The molecule has 0 saturated carbocycles. The fraction of sp³-hybridized carbons (Fsp3) is 0.120. The first-order valence-corrected chi connectivity index (χ1v) is 10.0. The standard InChI is InChI=1S/C25H22FN3O4/c1-17(18-6-4-3-5-7-18)27-28-23(30)16-24(31)29(21-12-14-22(33-2)15-13-21)25(32)19-8-10-20(26)11-9-19/h3-15H,16H2,1-2H3,(H,28,30). The van der Waals surface area contributed by atoms with E-state index in [1.165, 1.54) is 31.4 Å². The van der Waals surface area contributed by atoms with Crippen molar-refractivity contribution in [1.29, 1.82) is 0 Å². The molecule has 33 heavy (non-hydrogen) atoms. The zero-order chi connectivity index (χ0) is 23.8. The van der Waals surface area contributed by atoms with Crippen LogP contribution in [0.5, 0.6) is 5.75 Å². The van der Waals surface area contributed by atoms with Crippen LogP contribution in [0.3, 0.4) is 0 Å². The first-order chi connectivity index (χ1) is 15.9. The Morgan fingerprint density at radius 1 is 0.909 bits per heavy atom. The topological polar surface area (TPSA) is 88.1 Å². The first kappa shape index (κ1) is 23.3. The second-order valence-corrected chi connectivity index (χ2v) is 7.01. The third kappa shape index (κ3) is 6.10. The number of methoxy groups -OCH3 is 1. The maximum absolute atomic E-state index is 13.3. The van der Waals surface area contributed by atoms with Gasteiger partial charge in [0.1, 0.15) is 18.0 Å². The predicted molar refractivity (Wildman–Crippen MR) is 123 cm³/mol. The van der Waals surface area contributed by atoms with Crippen molar-refractivity contribution in [3.63, 3.8) is 0 Å². The Hall–Kier alpha value is -4.33. The molecule has 3 aromatic carbocycles. The van der Waals surface area contributed by atoms with Gasteiger partial charge in [-0.05, 0) is 61.0 Å². The lowest BCUT2D eigenvalue weighted by molar-refractivity contribution is -0.127. The summed E-state index contributed by atoms with van der Waals surface area (Å²) in [6.45, 7) is 1.72. The van der Waals surface area contributed by atoms with E-state index in [9.17, 15) is 18.8 Å². The van der Waals surface area contributed by atoms with Gasteiger partial charge in [-0.3, -0.25) is 14.4 Å². The monoisotopic (exact) mass is 447 g/mol. The predicted octanol–water partition coefficient (Wildman–Crippen LogP) is 3.94. The molecule has 0 saturated heterocycles. The summed E-state index contributed by atoms with van der Waals surface area (Å²) in [5, 5.41) is 4.02. The lowest BCUT2D eigenvalue weighted by atomic mass is 10.1. The summed E-state index contributed by atoms with van der Waals surface area (Å²) in [5.74, 6) is -2.12. The van der Waals surface area contributed by atoms with Gasteiger partial charge in [-0.15, -0.1) is 0 Å². The normalized spacial score (nSPS) is 10.9. The average molecular weight is 447 g/mol. The molecule has 0 fully saturated rings. The molecule has 0 spiro atoms. The average Bonchev–Trinajstić information content (AvgIpc) is 2.84. The van der Waals surface area contributed by atoms with Crippen LogP contribution in [0.25, 0.3) is 0 Å². The third-order valence-electron chi connectivity index (χ3n) is 4.73. The van der Waals surface area contributed by atoms with E-state index in [1.54, 1.807) is 19.1 Å². The van der Waals surface area contributed by atoms with Gasteiger partial charge in [-0.25, -0.2) is 14.7 Å². The molecular weight excluding hydrogens is 425 g/mol. The number of carbonyl (C=O) groups excluding carboxylic acids is 3. The molecule has 0 atom stereocenters. The maximum atomic E-state index is 13.3. The van der Waals surface area contributed by atoms with Gasteiger partial charge in [0, 0.05) is 5.56 Å². The number of anilines is 1. The molecule has 0 aliphatic heterocycles. The number of hydrazone groups is 1. The van der Waals surface area contributed by atoms with E-state index in [-0.39, 0.29) is 11.3 Å². The molecule has 7 nitrogen and oxygen atoms in total. The number of halogens is 1. The molecule has 3 amide bonds. The van der Waals surface area contributed by atoms with E-state index < -0.39 is 30.0 Å². The molecule has 8 heteroatoms. The SMILES string of the molecule is COc1ccc(N(C(=O)CC(=O)NN=C(C)c2ccccc2)C(=O)c2ccc(F)cc2)cc1. The molecule has 0 aliphatic rings. The van der Waals surface area contributed by atoms with Crippen LogP contribution in [-0.2, 0) is 9.59 Å². The molecule has 1 N–H and O–H groups in total. The van der Waals surface area contributed by atoms with Crippen LogP contribution >= 0.6 is 0 Å². The zero-order valence-electron chi connectivity index (χ0n) is 18.1. The maximum Gasteiger partial charge on any atom is 0.265 e. The fourth-order valence-electron chi connectivity index (χ4n) is 2.97. The number of carbonyl (C=O) groups is 3. The highest BCUT2D eigenvalue weighted by molar-refractivity contribution is 6.23. The van der Waals surface area contributed by atoms with E-state index in [4.69, 9.17) is 4.74 Å². The van der Waals surface area contributed by atoms with Crippen molar-refractivity contribution in [2.24, 2.45) is 5.10 Å². The number of nitrogens with one attached hydrogen (secondary N) is 1. The Morgan fingerprint density at radius 3 is 2.15 bits per heavy atom. The molecule has 0 aromatic heterocycles. The largest absolute Gasteiger partial charge is 0.497 e. The minimum absolute atomic E-state index is 0.0962. The van der Waals surface area contributed by atoms with Crippen LogP contribution in [0, 0.1) is 5.82 Å². The number of hydrogen-bond acceptors (Lipinski definition) is 5. The molecule has 0 radical (unpaired) electrons. The van der Waals surface area contributed by atoms with Gasteiger partial charge in [-0.1, -0.05) is 30.3 Å². The zero-order valence-corrected chi connectivity index (χ0v) is 18.1. The van der Waals surface area contributed by atoms with Crippen LogP contribution < -0.4 is 15.1 Å². The molecule has 3 aromatic rings. The quantitative estimate of drug-likeness (QED) is 0.338. The summed E-state index contributed by atoms with van der Waals surface area (Å²) in [5.41, 5.74) is 4.06. The summed E-state index contributed by atoms with van der Waals surface area (Å²) in [7, 11) is 1.49. The van der Waals surface area contributed by atoms with E-state index in [2.05, 4.69) is 10.5 Å². The van der Waals surface area contributed by atoms with Crippen molar-refractivity contribution in [1.82, 2.24) is 5.43 Å². The summed E-state index contributed by atoms with van der Waals surface area (Å²) in [4.78, 5) is 39.3. The Bertz CT molecular complexity index is 1160. The summed E-state index contributed by atoms with van der Waals surface area (Å²) >= 11 is 0. The van der Waals surface area contributed by atoms with Gasteiger partial charge in [0.15, 0.2) is 0 Å². The highest BCUT2D eigenvalue weighted by atomic mass is 19.1.